The fourth-order valence-corrected chi connectivity index (χ4v) is 2.99. The van der Waals surface area contributed by atoms with E-state index in [1.165, 1.54) is 0 Å². The van der Waals surface area contributed by atoms with Gasteiger partial charge in [-0.1, -0.05) is 33.3 Å². The zero-order valence-electron chi connectivity index (χ0n) is 11.9. The smallest absolute Gasteiger partial charge is 0.128 e. The lowest BCUT2D eigenvalue weighted by Crippen LogP contribution is -2.07. The first-order chi connectivity index (χ1) is 10.8. The topological polar surface area (TPSA) is 39.9 Å². The minimum atomic E-state index is 0.710. The number of aryl methyl sites for hydroxylation is 1. The van der Waals surface area contributed by atoms with Crippen molar-refractivity contribution in [1.29, 1.82) is 0 Å². The summed E-state index contributed by atoms with van der Waals surface area (Å²) in [5, 5.41) is 8.78. The summed E-state index contributed by atoms with van der Waals surface area (Å²) in [7, 11) is 0. The van der Waals surface area contributed by atoms with Gasteiger partial charge in [0.05, 0.1) is 18.0 Å². The monoisotopic (exact) mass is 355 g/mol. The summed E-state index contributed by atoms with van der Waals surface area (Å²) >= 11 is 3.47. The summed E-state index contributed by atoms with van der Waals surface area (Å²) in [6, 6.07) is 16.2. The standard InChI is InChI=1S/C17H14BrN3O/c18-12-7-9-13(10-8-12)21-17-14-4-1-2-6-16(14)22-11-3-5-15(17)19-20-21/h1-2,4,6-10H,3,5,11H2. The van der Waals surface area contributed by atoms with Gasteiger partial charge in [0.15, 0.2) is 0 Å². The average molecular weight is 356 g/mol. The molecule has 0 aliphatic carbocycles. The van der Waals surface area contributed by atoms with Crippen LogP contribution in [-0.4, -0.2) is 21.6 Å². The maximum absolute atomic E-state index is 5.89. The predicted molar refractivity (Wildman–Crippen MR) is 88.3 cm³/mol. The molecule has 0 amide bonds. The van der Waals surface area contributed by atoms with Crippen LogP contribution in [0.15, 0.2) is 53.0 Å². The molecule has 3 aromatic rings. The Morgan fingerprint density at radius 3 is 2.73 bits per heavy atom. The number of fused-ring (bicyclic) bond motifs is 3. The van der Waals surface area contributed by atoms with E-state index in [9.17, 15) is 0 Å². The van der Waals surface area contributed by atoms with Gasteiger partial charge in [-0.25, -0.2) is 4.68 Å². The molecule has 4 rings (SSSR count). The second kappa shape index (κ2) is 5.57. The van der Waals surface area contributed by atoms with E-state index in [0.717, 1.165) is 45.7 Å². The molecule has 0 saturated carbocycles. The molecule has 2 aromatic carbocycles. The average Bonchev–Trinajstić information content (AvgIpc) is 2.93. The molecule has 2 heterocycles. The number of nitrogens with zero attached hydrogens (tertiary/aromatic N) is 3. The third kappa shape index (κ3) is 2.31. The lowest BCUT2D eigenvalue weighted by Gasteiger charge is -2.16. The number of para-hydroxylation sites is 1. The van der Waals surface area contributed by atoms with Crippen molar-refractivity contribution >= 4 is 15.9 Å². The first-order valence-electron chi connectivity index (χ1n) is 7.25. The normalized spacial score (nSPS) is 13.5. The second-order valence-electron chi connectivity index (χ2n) is 5.22. The number of aromatic nitrogens is 3. The van der Waals surface area contributed by atoms with Gasteiger partial charge in [-0.3, -0.25) is 0 Å². The van der Waals surface area contributed by atoms with Crippen LogP contribution in [0.3, 0.4) is 0 Å². The van der Waals surface area contributed by atoms with Crippen molar-refractivity contribution in [2.75, 3.05) is 6.61 Å². The van der Waals surface area contributed by atoms with Crippen LogP contribution in [0.5, 0.6) is 5.75 Å². The van der Waals surface area contributed by atoms with Crippen LogP contribution in [0.4, 0.5) is 0 Å². The molecule has 5 heteroatoms. The van der Waals surface area contributed by atoms with Crippen molar-refractivity contribution in [1.82, 2.24) is 15.0 Å². The van der Waals surface area contributed by atoms with Crippen molar-refractivity contribution < 1.29 is 4.74 Å². The van der Waals surface area contributed by atoms with Gasteiger partial charge in [-0.2, -0.15) is 0 Å². The number of rotatable bonds is 1. The summed E-state index contributed by atoms with van der Waals surface area (Å²) in [5.74, 6) is 0.893. The van der Waals surface area contributed by atoms with Crippen LogP contribution in [0, 0.1) is 0 Å². The quantitative estimate of drug-likeness (QED) is 0.661. The van der Waals surface area contributed by atoms with E-state index in [4.69, 9.17) is 4.74 Å². The van der Waals surface area contributed by atoms with Gasteiger partial charge in [-0.05, 0) is 49.2 Å². The molecule has 22 heavy (non-hydrogen) atoms. The minimum Gasteiger partial charge on any atom is -0.493 e. The lowest BCUT2D eigenvalue weighted by molar-refractivity contribution is 0.310. The van der Waals surface area contributed by atoms with Crippen molar-refractivity contribution in [3.8, 4) is 22.7 Å². The second-order valence-corrected chi connectivity index (χ2v) is 6.14. The number of ether oxygens (including phenoxy) is 1. The van der Waals surface area contributed by atoms with E-state index < -0.39 is 0 Å². The van der Waals surface area contributed by atoms with Crippen molar-refractivity contribution in [2.45, 2.75) is 12.8 Å². The third-order valence-corrected chi connectivity index (χ3v) is 4.30. The minimum absolute atomic E-state index is 0.710. The van der Waals surface area contributed by atoms with Crippen molar-refractivity contribution in [3.63, 3.8) is 0 Å². The maximum atomic E-state index is 5.89. The van der Waals surface area contributed by atoms with E-state index in [0.29, 0.717) is 6.61 Å². The fourth-order valence-electron chi connectivity index (χ4n) is 2.72. The summed E-state index contributed by atoms with van der Waals surface area (Å²) in [5.41, 5.74) is 4.09. The summed E-state index contributed by atoms with van der Waals surface area (Å²) in [6.45, 7) is 0.710. The summed E-state index contributed by atoms with van der Waals surface area (Å²) in [6.07, 6.45) is 1.82. The van der Waals surface area contributed by atoms with E-state index in [2.05, 4.69) is 32.3 Å². The summed E-state index contributed by atoms with van der Waals surface area (Å²) < 4.78 is 8.83. The first kappa shape index (κ1) is 13.5. The van der Waals surface area contributed by atoms with Gasteiger partial charge in [0, 0.05) is 10.0 Å². The van der Waals surface area contributed by atoms with Crippen LogP contribution >= 0.6 is 15.9 Å². The molecular formula is C17H14BrN3O. The molecule has 110 valence electrons. The maximum Gasteiger partial charge on any atom is 0.128 e. The van der Waals surface area contributed by atoms with Crippen LogP contribution in [0.2, 0.25) is 0 Å². The van der Waals surface area contributed by atoms with Gasteiger partial charge < -0.3 is 4.74 Å². The highest BCUT2D eigenvalue weighted by molar-refractivity contribution is 9.10. The van der Waals surface area contributed by atoms with Gasteiger partial charge in [0.25, 0.3) is 0 Å². The third-order valence-electron chi connectivity index (χ3n) is 3.77. The van der Waals surface area contributed by atoms with Crippen molar-refractivity contribution in [2.24, 2.45) is 0 Å². The number of hydrogen-bond acceptors (Lipinski definition) is 3. The van der Waals surface area contributed by atoms with E-state index in [1.807, 2.05) is 47.1 Å². The molecule has 0 unspecified atom stereocenters. The first-order valence-corrected chi connectivity index (χ1v) is 8.05. The summed E-state index contributed by atoms with van der Waals surface area (Å²) in [4.78, 5) is 0. The molecule has 0 radical (unpaired) electrons. The molecule has 1 aromatic heterocycles. The lowest BCUT2D eigenvalue weighted by atomic mass is 10.0. The molecule has 0 saturated heterocycles. The molecule has 1 aliphatic rings. The van der Waals surface area contributed by atoms with Gasteiger partial charge in [0.1, 0.15) is 11.4 Å². The predicted octanol–water partition coefficient (Wildman–Crippen LogP) is 4.02. The molecule has 0 spiro atoms. The molecule has 1 aliphatic heterocycles. The zero-order valence-corrected chi connectivity index (χ0v) is 13.5. The molecular weight excluding hydrogens is 342 g/mol. The van der Waals surface area contributed by atoms with E-state index >= 15 is 0 Å². The van der Waals surface area contributed by atoms with E-state index in [-0.39, 0.29) is 0 Å². The highest BCUT2D eigenvalue weighted by atomic mass is 79.9. The van der Waals surface area contributed by atoms with Crippen LogP contribution in [-0.2, 0) is 6.42 Å². The number of halogens is 1. The van der Waals surface area contributed by atoms with Crippen LogP contribution in [0.1, 0.15) is 12.1 Å². The van der Waals surface area contributed by atoms with Crippen LogP contribution in [0.25, 0.3) is 16.9 Å². The molecule has 0 bridgehead atoms. The number of benzene rings is 2. The Morgan fingerprint density at radius 1 is 1.05 bits per heavy atom. The Labute approximate surface area is 136 Å². The molecule has 0 N–H and O–H groups in total. The Balaban J connectivity index is 1.93. The Kier molecular flexibility index (Phi) is 3.42. The highest BCUT2D eigenvalue weighted by Gasteiger charge is 2.21. The highest BCUT2D eigenvalue weighted by Crippen LogP contribution is 2.35. The van der Waals surface area contributed by atoms with E-state index in [1.54, 1.807) is 0 Å². The Bertz CT molecular complexity index is 811. The molecule has 0 atom stereocenters. The van der Waals surface area contributed by atoms with Gasteiger partial charge >= 0.3 is 0 Å². The van der Waals surface area contributed by atoms with Crippen LogP contribution < -0.4 is 4.74 Å². The van der Waals surface area contributed by atoms with Crippen molar-refractivity contribution in [3.05, 3.63) is 58.7 Å². The fraction of sp³-hybridized carbons (Fsp3) is 0.176. The van der Waals surface area contributed by atoms with Gasteiger partial charge in [-0.15, -0.1) is 5.10 Å². The molecule has 0 fully saturated rings. The Hall–Kier alpha value is -2.14. The van der Waals surface area contributed by atoms with Gasteiger partial charge in [0.2, 0.25) is 0 Å². The largest absolute Gasteiger partial charge is 0.493 e. The zero-order chi connectivity index (χ0) is 14.9. The SMILES string of the molecule is Brc1ccc(-n2nnc3c2-c2ccccc2OCCC3)cc1. The number of hydrogen-bond donors (Lipinski definition) is 0. The molecule has 4 nitrogen and oxygen atoms in total. The Morgan fingerprint density at radius 2 is 1.86 bits per heavy atom.